The number of carbonyl (C=O) groups excluding carboxylic acids is 1. The maximum atomic E-state index is 12.8. The highest BCUT2D eigenvalue weighted by atomic mass is 16.7. The third-order valence-corrected chi connectivity index (χ3v) is 7.38. The second-order valence-corrected chi connectivity index (χ2v) is 9.79. The Morgan fingerprint density at radius 1 is 1.06 bits per heavy atom. The van der Waals surface area contributed by atoms with Gasteiger partial charge in [-0.2, -0.15) is 0 Å². The Bertz CT molecular complexity index is 534. The lowest BCUT2D eigenvalue weighted by molar-refractivity contribution is -0.287. The van der Waals surface area contributed by atoms with Crippen molar-refractivity contribution >= 4 is 5.91 Å². The predicted molar refractivity (Wildman–Crippen MR) is 122 cm³/mol. The first-order valence-electron chi connectivity index (χ1n) is 12.4. The van der Waals surface area contributed by atoms with Gasteiger partial charge in [0.2, 0.25) is 5.91 Å². The third-order valence-electron chi connectivity index (χ3n) is 7.38. The molecule has 9 atom stereocenters. The van der Waals surface area contributed by atoms with Crippen LogP contribution in [0, 0.1) is 17.8 Å². The molecule has 2 fully saturated rings. The number of nitrogens with one attached hydrogen (secondary N) is 2. The first-order valence-corrected chi connectivity index (χ1v) is 12.4. The molecule has 0 aliphatic carbocycles. The minimum atomic E-state index is -1.01. The summed E-state index contributed by atoms with van der Waals surface area (Å²) < 4.78 is 12.0. The molecule has 2 heterocycles. The molecule has 0 bridgehead atoms. The van der Waals surface area contributed by atoms with E-state index in [1.54, 1.807) is 14.0 Å². The molecule has 0 unspecified atom stereocenters. The van der Waals surface area contributed by atoms with Crippen molar-refractivity contribution in [1.82, 2.24) is 10.6 Å². The summed E-state index contributed by atoms with van der Waals surface area (Å²) in [6, 6.07) is -0.540. The van der Waals surface area contributed by atoms with Gasteiger partial charge in [0.05, 0.1) is 30.3 Å². The average molecular weight is 443 g/mol. The summed E-state index contributed by atoms with van der Waals surface area (Å²) in [6.45, 7) is 8.90. The largest absolute Gasteiger partial charge is 0.389 e. The second kappa shape index (κ2) is 13.1. The number of hydrogen-bond acceptors (Lipinski definition) is 6. The zero-order valence-electron chi connectivity index (χ0n) is 20.2. The SMILES string of the molecule is CC[C@@H]1CCCNC(=O)[C@H](C)[C@@H](O[C@@H]2O[C@@H](C)[C@@H](O)[C@@H](NC)[C@H]2O)CC[C@H](C)CCC1. The molecule has 182 valence electrons. The molecular formula is C24H46N2O5. The number of rotatable bonds is 4. The number of aliphatic hydroxyl groups excluding tert-OH is 2. The molecule has 0 spiro atoms. The minimum absolute atomic E-state index is 0.00805. The summed E-state index contributed by atoms with van der Waals surface area (Å²) in [6.07, 6.45) is 5.24. The van der Waals surface area contributed by atoms with Crippen LogP contribution in [0.5, 0.6) is 0 Å². The lowest BCUT2D eigenvalue weighted by Gasteiger charge is -2.43. The highest BCUT2D eigenvalue weighted by Gasteiger charge is 2.44. The van der Waals surface area contributed by atoms with E-state index in [0.717, 1.165) is 31.6 Å². The van der Waals surface area contributed by atoms with Gasteiger partial charge in [-0.3, -0.25) is 4.79 Å². The molecule has 31 heavy (non-hydrogen) atoms. The van der Waals surface area contributed by atoms with E-state index in [-0.39, 0.29) is 17.9 Å². The highest BCUT2D eigenvalue weighted by molar-refractivity contribution is 5.78. The minimum Gasteiger partial charge on any atom is -0.389 e. The quantitative estimate of drug-likeness (QED) is 0.534. The molecule has 2 aliphatic rings. The number of amides is 1. The van der Waals surface area contributed by atoms with E-state index < -0.39 is 30.6 Å². The number of hydrogen-bond donors (Lipinski definition) is 4. The van der Waals surface area contributed by atoms with Crippen molar-refractivity contribution in [2.45, 2.75) is 116 Å². The van der Waals surface area contributed by atoms with E-state index >= 15 is 0 Å². The summed E-state index contributed by atoms with van der Waals surface area (Å²) in [5.74, 6) is 0.960. The predicted octanol–water partition coefficient (Wildman–Crippen LogP) is 2.59. The van der Waals surface area contributed by atoms with Crippen molar-refractivity contribution in [2.24, 2.45) is 17.8 Å². The molecule has 0 radical (unpaired) electrons. The van der Waals surface area contributed by atoms with E-state index in [4.69, 9.17) is 9.47 Å². The number of ether oxygens (including phenoxy) is 2. The first kappa shape index (κ1) is 26.5. The molecule has 0 aromatic heterocycles. The molecule has 2 saturated heterocycles. The lowest BCUT2D eigenvalue weighted by Crippen LogP contribution is -2.62. The average Bonchev–Trinajstić information content (AvgIpc) is 2.75. The van der Waals surface area contributed by atoms with Crippen LogP contribution in [-0.4, -0.2) is 66.5 Å². The zero-order chi connectivity index (χ0) is 23.0. The lowest BCUT2D eigenvalue weighted by atomic mass is 9.88. The highest BCUT2D eigenvalue weighted by Crippen LogP contribution is 2.28. The normalized spacial score (nSPS) is 41.9. The summed E-state index contributed by atoms with van der Waals surface area (Å²) in [5.41, 5.74) is 0. The Hall–Kier alpha value is -0.730. The molecule has 2 rings (SSSR count). The maximum Gasteiger partial charge on any atom is 0.225 e. The van der Waals surface area contributed by atoms with E-state index in [1.165, 1.54) is 25.7 Å². The van der Waals surface area contributed by atoms with Crippen molar-refractivity contribution in [2.75, 3.05) is 13.6 Å². The van der Waals surface area contributed by atoms with E-state index in [0.29, 0.717) is 12.5 Å². The Morgan fingerprint density at radius 3 is 2.45 bits per heavy atom. The molecular weight excluding hydrogens is 396 g/mol. The number of aliphatic hydroxyl groups is 2. The van der Waals surface area contributed by atoms with Crippen LogP contribution in [0.25, 0.3) is 0 Å². The first-order chi connectivity index (χ1) is 14.8. The Kier molecular flexibility index (Phi) is 11.2. The van der Waals surface area contributed by atoms with Gasteiger partial charge < -0.3 is 30.3 Å². The van der Waals surface area contributed by atoms with Crippen LogP contribution < -0.4 is 10.6 Å². The van der Waals surface area contributed by atoms with Gasteiger partial charge in [-0.25, -0.2) is 0 Å². The van der Waals surface area contributed by atoms with Gasteiger partial charge in [0.25, 0.3) is 0 Å². The summed E-state index contributed by atoms with van der Waals surface area (Å²) in [7, 11) is 1.70. The summed E-state index contributed by atoms with van der Waals surface area (Å²) in [4.78, 5) is 12.8. The monoisotopic (exact) mass is 442 g/mol. The number of likely N-dealkylation sites (N-methyl/N-ethyl adjacent to an activating group) is 1. The van der Waals surface area contributed by atoms with Crippen molar-refractivity contribution in [3.8, 4) is 0 Å². The topological polar surface area (TPSA) is 100 Å². The molecule has 1 amide bonds. The van der Waals surface area contributed by atoms with Gasteiger partial charge in [0.1, 0.15) is 6.10 Å². The molecule has 4 N–H and O–H groups in total. The van der Waals surface area contributed by atoms with Crippen LogP contribution in [0.15, 0.2) is 0 Å². The number of carbonyl (C=O) groups is 1. The smallest absolute Gasteiger partial charge is 0.225 e. The van der Waals surface area contributed by atoms with E-state index in [9.17, 15) is 15.0 Å². The van der Waals surface area contributed by atoms with Gasteiger partial charge in [-0.15, -0.1) is 0 Å². The molecule has 7 heteroatoms. The summed E-state index contributed by atoms with van der Waals surface area (Å²) in [5, 5.41) is 27.0. The molecule has 0 aromatic carbocycles. The van der Waals surface area contributed by atoms with E-state index in [2.05, 4.69) is 24.5 Å². The van der Waals surface area contributed by atoms with Crippen LogP contribution >= 0.6 is 0 Å². The van der Waals surface area contributed by atoms with Crippen molar-refractivity contribution in [3.63, 3.8) is 0 Å². The van der Waals surface area contributed by atoms with Gasteiger partial charge in [-0.1, -0.05) is 46.5 Å². The molecule has 0 aromatic rings. The van der Waals surface area contributed by atoms with E-state index in [1.807, 2.05) is 6.92 Å². The van der Waals surface area contributed by atoms with Crippen molar-refractivity contribution < 1.29 is 24.5 Å². The van der Waals surface area contributed by atoms with Crippen LogP contribution in [-0.2, 0) is 14.3 Å². The fourth-order valence-corrected chi connectivity index (χ4v) is 4.93. The molecule has 7 nitrogen and oxygen atoms in total. The maximum absolute atomic E-state index is 12.8. The van der Waals surface area contributed by atoms with Crippen LogP contribution in [0.2, 0.25) is 0 Å². The van der Waals surface area contributed by atoms with Gasteiger partial charge in [0.15, 0.2) is 6.29 Å². The van der Waals surface area contributed by atoms with Crippen LogP contribution in [0.4, 0.5) is 0 Å². The fraction of sp³-hybridized carbons (Fsp3) is 0.958. The Morgan fingerprint density at radius 2 is 1.77 bits per heavy atom. The van der Waals surface area contributed by atoms with Crippen LogP contribution in [0.1, 0.15) is 79.1 Å². The Labute approximate surface area is 188 Å². The second-order valence-electron chi connectivity index (χ2n) is 9.79. The third kappa shape index (κ3) is 7.67. The Balaban J connectivity index is 2.08. The van der Waals surface area contributed by atoms with Gasteiger partial charge in [0, 0.05) is 6.54 Å². The molecule has 0 saturated carbocycles. The fourth-order valence-electron chi connectivity index (χ4n) is 4.93. The summed E-state index contributed by atoms with van der Waals surface area (Å²) >= 11 is 0. The van der Waals surface area contributed by atoms with Crippen molar-refractivity contribution in [1.29, 1.82) is 0 Å². The standard InChI is InChI=1S/C24H46N2O5/c1-6-18-10-7-9-15(2)12-13-19(16(3)23(29)26-14-8-11-18)31-24-22(28)20(25-5)21(27)17(4)30-24/h15-22,24-25,27-28H,6-14H2,1-5H3,(H,26,29)/t15-,16-,17+,18+,19+,20-,21-,22-,24+/m1/s1. The molecule has 2 aliphatic heterocycles. The van der Waals surface area contributed by atoms with Gasteiger partial charge >= 0.3 is 0 Å². The van der Waals surface area contributed by atoms with Gasteiger partial charge in [-0.05, 0) is 51.5 Å². The zero-order valence-corrected chi connectivity index (χ0v) is 20.2. The van der Waals surface area contributed by atoms with Crippen molar-refractivity contribution in [3.05, 3.63) is 0 Å². The van der Waals surface area contributed by atoms with Crippen LogP contribution in [0.3, 0.4) is 0 Å².